The van der Waals surface area contributed by atoms with Crippen molar-refractivity contribution in [3.05, 3.63) is 0 Å². The summed E-state index contributed by atoms with van der Waals surface area (Å²) in [7, 11) is 0. The van der Waals surface area contributed by atoms with Crippen LogP contribution >= 0.6 is 0 Å². The van der Waals surface area contributed by atoms with Crippen LogP contribution < -0.4 is 5.32 Å². The van der Waals surface area contributed by atoms with E-state index in [1.807, 2.05) is 0 Å². The van der Waals surface area contributed by atoms with Crippen molar-refractivity contribution < 1.29 is 9.90 Å². The van der Waals surface area contributed by atoms with Gasteiger partial charge in [-0.25, -0.2) is 0 Å². The number of nitrogens with zero attached hydrogens (tertiary/aromatic N) is 1. The van der Waals surface area contributed by atoms with Crippen molar-refractivity contribution in [3.8, 4) is 0 Å². The van der Waals surface area contributed by atoms with Gasteiger partial charge < -0.3 is 15.3 Å². The molecule has 1 saturated carbocycles. The molecule has 3 aliphatic rings. The van der Waals surface area contributed by atoms with Gasteiger partial charge >= 0.3 is 0 Å². The Morgan fingerprint density at radius 1 is 1.11 bits per heavy atom. The number of piperidine rings is 1. The molecule has 1 aliphatic carbocycles. The summed E-state index contributed by atoms with van der Waals surface area (Å²) >= 11 is 0. The second-order valence-electron chi connectivity index (χ2n) is 6.17. The lowest BCUT2D eigenvalue weighted by Crippen LogP contribution is -2.51. The van der Waals surface area contributed by atoms with Gasteiger partial charge in [0.15, 0.2) is 0 Å². The van der Waals surface area contributed by atoms with E-state index in [2.05, 4.69) is 10.2 Å². The Morgan fingerprint density at radius 2 is 1.72 bits per heavy atom. The number of aliphatic hydroxyl groups is 1. The van der Waals surface area contributed by atoms with E-state index in [4.69, 9.17) is 0 Å². The number of nitrogens with one attached hydrogen (secondary N) is 1. The molecular weight excluding hydrogens is 228 g/mol. The smallest absolute Gasteiger partial charge is 0.237 e. The quantitative estimate of drug-likeness (QED) is 0.789. The maximum Gasteiger partial charge on any atom is 0.237 e. The summed E-state index contributed by atoms with van der Waals surface area (Å²) in [6, 6.07) is 1.16. The highest BCUT2D eigenvalue weighted by molar-refractivity contribution is 5.79. The topological polar surface area (TPSA) is 52.6 Å². The molecule has 18 heavy (non-hydrogen) atoms. The van der Waals surface area contributed by atoms with Crippen molar-refractivity contribution in [3.63, 3.8) is 0 Å². The molecule has 2 heterocycles. The Labute approximate surface area is 109 Å². The van der Waals surface area contributed by atoms with E-state index in [9.17, 15) is 9.90 Å². The number of fused-ring (bicyclic) bond motifs is 2. The molecule has 2 saturated heterocycles. The van der Waals surface area contributed by atoms with Crippen LogP contribution in [0.2, 0.25) is 0 Å². The average molecular weight is 252 g/mol. The molecule has 2 N–H and O–H groups in total. The van der Waals surface area contributed by atoms with E-state index in [1.54, 1.807) is 0 Å². The lowest BCUT2D eigenvalue weighted by atomic mass is 10.00. The van der Waals surface area contributed by atoms with Crippen molar-refractivity contribution >= 4 is 5.91 Å². The van der Waals surface area contributed by atoms with Gasteiger partial charge in [0.2, 0.25) is 5.91 Å². The number of carbonyl (C=O) groups excluding carboxylic acids is 1. The molecule has 1 amide bonds. The van der Waals surface area contributed by atoms with Gasteiger partial charge in [-0.2, -0.15) is 0 Å². The van der Waals surface area contributed by atoms with Crippen LogP contribution in [0.15, 0.2) is 0 Å². The van der Waals surface area contributed by atoms with Crippen LogP contribution in [0.4, 0.5) is 0 Å². The molecule has 3 fully saturated rings. The largest absolute Gasteiger partial charge is 0.393 e. The van der Waals surface area contributed by atoms with E-state index in [0.29, 0.717) is 24.7 Å². The second-order valence-corrected chi connectivity index (χ2v) is 6.17. The van der Waals surface area contributed by atoms with E-state index in [0.717, 1.165) is 25.7 Å². The lowest BCUT2D eigenvalue weighted by molar-refractivity contribution is -0.136. The first-order valence-corrected chi connectivity index (χ1v) is 7.46. The molecule has 102 valence electrons. The highest BCUT2D eigenvalue weighted by Crippen LogP contribution is 2.35. The van der Waals surface area contributed by atoms with Gasteiger partial charge in [-0.1, -0.05) is 12.8 Å². The first kappa shape index (κ1) is 12.4. The predicted molar refractivity (Wildman–Crippen MR) is 69.2 cm³/mol. The SMILES string of the molecule is O=C(CNC1CCCC1)N1C2CCC1CC(O)C2. The van der Waals surface area contributed by atoms with E-state index in [1.165, 1.54) is 25.7 Å². The van der Waals surface area contributed by atoms with Crippen LogP contribution in [0, 0.1) is 0 Å². The fraction of sp³-hybridized carbons (Fsp3) is 0.929. The van der Waals surface area contributed by atoms with Crippen LogP contribution in [0.1, 0.15) is 51.4 Å². The van der Waals surface area contributed by atoms with Gasteiger partial charge in [-0.3, -0.25) is 4.79 Å². The third kappa shape index (κ3) is 2.41. The zero-order valence-electron chi connectivity index (χ0n) is 11.0. The van der Waals surface area contributed by atoms with Crippen molar-refractivity contribution in [2.75, 3.05) is 6.54 Å². The number of hydrogen-bond acceptors (Lipinski definition) is 3. The normalized spacial score (nSPS) is 36.3. The molecule has 0 spiro atoms. The Hall–Kier alpha value is -0.610. The van der Waals surface area contributed by atoms with E-state index < -0.39 is 0 Å². The van der Waals surface area contributed by atoms with Crippen LogP contribution in [0.25, 0.3) is 0 Å². The highest BCUT2D eigenvalue weighted by Gasteiger charge is 2.42. The molecule has 0 radical (unpaired) electrons. The van der Waals surface area contributed by atoms with Gasteiger partial charge in [0.1, 0.15) is 0 Å². The van der Waals surface area contributed by atoms with E-state index in [-0.39, 0.29) is 12.0 Å². The molecule has 2 atom stereocenters. The fourth-order valence-electron chi connectivity index (χ4n) is 4.01. The van der Waals surface area contributed by atoms with Crippen LogP contribution in [-0.4, -0.2) is 46.7 Å². The number of aliphatic hydroxyl groups excluding tert-OH is 1. The zero-order chi connectivity index (χ0) is 12.5. The maximum atomic E-state index is 12.3. The standard InChI is InChI=1S/C14H24N2O2/c17-13-7-11-5-6-12(8-13)16(11)14(18)9-15-10-3-1-2-4-10/h10-13,15,17H,1-9H2. The summed E-state index contributed by atoms with van der Waals surface area (Å²) in [6.45, 7) is 0.494. The molecule has 0 aromatic carbocycles. The minimum Gasteiger partial charge on any atom is -0.393 e. The van der Waals surface area contributed by atoms with Gasteiger partial charge in [0.25, 0.3) is 0 Å². The Balaban J connectivity index is 1.53. The zero-order valence-corrected chi connectivity index (χ0v) is 11.0. The Morgan fingerprint density at radius 3 is 2.33 bits per heavy atom. The van der Waals surface area contributed by atoms with Crippen molar-refractivity contribution in [2.45, 2.75) is 75.6 Å². The third-order valence-corrected chi connectivity index (χ3v) is 4.89. The second kappa shape index (κ2) is 5.17. The Bertz CT molecular complexity index is 301. The van der Waals surface area contributed by atoms with Gasteiger partial charge in [-0.05, 0) is 38.5 Å². The molecule has 2 aliphatic heterocycles. The van der Waals surface area contributed by atoms with Crippen molar-refractivity contribution in [1.82, 2.24) is 10.2 Å². The number of carbonyl (C=O) groups is 1. The minimum absolute atomic E-state index is 0.186. The predicted octanol–water partition coefficient (Wildman–Crippen LogP) is 1.03. The van der Waals surface area contributed by atoms with E-state index >= 15 is 0 Å². The first-order chi connectivity index (χ1) is 8.74. The molecule has 0 aromatic rings. The maximum absolute atomic E-state index is 12.3. The molecule has 2 unspecified atom stereocenters. The van der Waals surface area contributed by atoms with Gasteiger partial charge in [0.05, 0.1) is 12.6 Å². The molecule has 0 aromatic heterocycles. The van der Waals surface area contributed by atoms with Crippen molar-refractivity contribution in [2.24, 2.45) is 0 Å². The lowest BCUT2D eigenvalue weighted by Gasteiger charge is -2.37. The summed E-state index contributed by atoms with van der Waals surface area (Å²) in [5.74, 6) is 0.251. The van der Waals surface area contributed by atoms with Crippen LogP contribution in [0.3, 0.4) is 0 Å². The number of hydrogen-bond donors (Lipinski definition) is 2. The molecule has 4 heteroatoms. The molecule has 4 nitrogen and oxygen atoms in total. The van der Waals surface area contributed by atoms with Crippen LogP contribution in [-0.2, 0) is 4.79 Å². The highest BCUT2D eigenvalue weighted by atomic mass is 16.3. The van der Waals surface area contributed by atoms with Crippen LogP contribution in [0.5, 0.6) is 0 Å². The number of amides is 1. The number of rotatable bonds is 3. The minimum atomic E-state index is -0.186. The third-order valence-electron chi connectivity index (χ3n) is 4.89. The van der Waals surface area contributed by atoms with Gasteiger partial charge in [-0.15, -0.1) is 0 Å². The fourth-order valence-corrected chi connectivity index (χ4v) is 4.01. The van der Waals surface area contributed by atoms with Gasteiger partial charge in [0, 0.05) is 18.1 Å². The summed E-state index contributed by atoms with van der Waals surface area (Å²) in [5.41, 5.74) is 0. The summed E-state index contributed by atoms with van der Waals surface area (Å²) in [4.78, 5) is 14.4. The molecule has 2 bridgehead atoms. The first-order valence-electron chi connectivity index (χ1n) is 7.46. The molecular formula is C14H24N2O2. The summed E-state index contributed by atoms with van der Waals surface area (Å²) in [6.07, 6.45) is 8.58. The summed E-state index contributed by atoms with van der Waals surface area (Å²) in [5, 5.41) is 13.1. The average Bonchev–Trinajstić information content (AvgIpc) is 2.94. The monoisotopic (exact) mass is 252 g/mol. The Kier molecular flexibility index (Phi) is 3.57. The molecule has 3 rings (SSSR count). The van der Waals surface area contributed by atoms with Crippen molar-refractivity contribution in [1.29, 1.82) is 0 Å². The summed E-state index contributed by atoms with van der Waals surface area (Å²) < 4.78 is 0.